The molecule has 0 aromatic heterocycles. The lowest BCUT2D eigenvalue weighted by molar-refractivity contribution is -0.385. The molecular weight excluding hydrogens is 487 g/mol. The van der Waals surface area contributed by atoms with Gasteiger partial charge in [0.15, 0.2) is 11.9 Å². The highest BCUT2D eigenvalue weighted by atomic mass is 35.5. The second kappa shape index (κ2) is 11.8. The molecule has 0 radical (unpaired) electrons. The molecule has 9 nitrogen and oxygen atoms in total. The van der Waals surface area contributed by atoms with Crippen molar-refractivity contribution in [3.8, 4) is 11.5 Å². The van der Waals surface area contributed by atoms with Gasteiger partial charge >= 0.3 is 12.1 Å². The lowest BCUT2D eigenvalue weighted by atomic mass is 10.1. The van der Waals surface area contributed by atoms with Crippen LogP contribution in [-0.4, -0.2) is 49.7 Å². The van der Waals surface area contributed by atoms with Crippen LogP contribution in [-0.2, 0) is 25.2 Å². The van der Waals surface area contributed by atoms with Gasteiger partial charge in [0.2, 0.25) is 0 Å². The van der Waals surface area contributed by atoms with E-state index in [1.807, 2.05) is 0 Å². The maximum absolute atomic E-state index is 12.8. The zero-order valence-corrected chi connectivity index (χ0v) is 18.6. The van der Waals surface area contributed by atoms with Crippen molar-refractivity contribution in [2.75, 3.05) is 26.9 Å². The number of halogens is 4. The Morgan fingerprint density at radius 1 is 1.15 bits per heavy atom. The third kappa shape index (κ3) is 7.40. The fraction of sp³-hybridized carbons (Fsp3) is 0.333. The first kappa shape index (κ1) is 27.0. The Morgan fingerprint density at radius 2 is 1.85 bits per heavy atom. The van der Waals surface area contributed by atoms with Gasteiger partial charge in [-0.3, -0.25) is 14.9 Å². The highest BCUT2D eigenvalue weighted by Gasteiger charge is 2.31. The number of ketones is 1. The van der Waals surface area contributed by atoms with Crippen LogP contribution in [0.5, 0.6) is 11.5 Å². The summed E-state index contributed by atoms with van der Waals surface area (Å²) in [4.78, 5) is 34.9. The smallest absolute Gasteiger partial charge is 0.416 e. The second-order valence-corrected chi connectivity index (χ2v) is 7.12. The molecule has 0 saturated heterocycles. The molecule has 0 N–H and O–H groups in total. The molecule has 2 aromatic carbocycles. The number of alkyl halides is 3. The number of nitrogens with zero attached hydrogens (tertiary/aromatic N) is 1. The maximum atomic E-state index is 12.8. The molecule has 0 fully saturated rings. The molecule has 184 valence electrons. The van der Waals surface area contributed by atoms with Crippen LogP contribution in [0.2, 0.25) is 5.02 Å². The summed E-state index contributed by atoms with van der Waals surface area (Å²) in [7, 11) is 1.42. The normalized spacial score (nSPS) is 12.2. The van der Waals surface area contributed by atoms with E-state index in [2.05, 4.69) is 0 Å². The van der Waals surface area contributed by atoms with E-state index in [-0.39, 0.29) is 29.7 Å². The van der Waals surface area contributed by atoms with Crippen molar-refractivity contribution in [1.29, 1.82) is 0 Å². The Balaban J connectivity index is 2.17. The third-order valence-electron chi connectivity index (χ3n) is 4.28. The van der Waals surface area contributed by atoms with E-state index in [1.54, 1.807) is 0 Å². The lowest BCUT2D eigenvalue weighted by Gasteiger charge is -2.13. The van der Waals surface area contributed by atoms with Crippen molar-refractivity contribution in [2.24, 2.45) is 0 Å². The zero-order valence-electron chi connectivity index (χ0n) is 17.9. The van der Waals surface area contributed by atoms with E-state index < -0.39 is 52.4 Å². The first-order valence-corrected chi connectivity index (χ1v) is 9.95. The number of esters is 1. The molecule has 0 bridgehead atoms. The van der Waals surface area contributed by atoms with Gasteiger partial charge in [0.1, 0.15) is 30.3 Å². The van der Waals surface area contributed by atoms with Crippen LogP contribution in [0, 0.1) is 10.1 Å². The van der Waals surface area contributed by atoms with Gasteiger partial charge in [0.05, 0.1) is 22.1 Å². The van der Waals surface area contributed by atoms with Gasteiger partial charge in [-0.05, 0) is 37.3 Å². The molecule has 2 rings (SSSR count). The molecule has 1 unspecified atom stereocenters. The summed E-state index contributed by atoms with van der Waals surface area (Å²) in [5, 5.41) is 11.0. The summed E-state index contributed by atoms with van der Waals surface area (Å²) >= 11 is 5.86. The summed E-state index contributed by atoms with van der Waals surface area (Å²) < 4.78 is 58.6. The molecule has 0 heterocycles. The number of ether oxygens (including phenoxy) is 4. The lowest BCUT2D eigenvalue weighted by Crippen LogP contribution is -2.27. The predicted molar refractivity (Wildman–Crippen MR) is 112 cm³/mol. The van der Waals surface area contributed by atoms with Crippen LogP contribution in [0.3, 0.4) is 0 Å². The first-order chi connectivity index (χ1) is 15.9. The molecular formula is C21H19ClF3NO8. The highest BCUT2D eigenvalue weighted by molar-refractivity contribution is 6.32. The fourth-order valence-corrected chi connectivity index (χ4v) is 2.76. The number of methoxy groups -OCH3 is 1. The van der Waals surface area contributed by atoms with E-state index >= 15 is 0 Å². The van der Waals surface area contributed by atoms with Gasteiger partial charge in [-0.2, -0.15) is 13.2 Å². The van der Waals surface area contributed by atoms with Crippen molar-refractivity contribution < 1.29 is 46.6 Å². The molecule has 0 spiro atoms. The van der Waals surface area contributed by atoms with Crippen LogP contribution < -0.4 is 4.74 Å². The fourth-order valence-electron chi connectivity index (χ4n) is 2.54. The minimum atomic E-state index is -4.61. The summed E-state index contributed by atoms with van der Waals surface area (Å²) in [6.45, 7) is 0.794. The Morgan fingerprint density at radius 3 is 2.44 bits per heavy atom. The Bertz CT molecular complexity index is 1060. The minimum Gasteiger partial charge on any atom is -0.461 e. The number of hydrogen-bond acceptors (Lipinski definition) is 8. The zero-order chi connectivity index (χ0) is 25.5. The average molecular weight is 506 g/mol. The molecule has 0 aliphatic rings. The molecule has 0 aliphatic heterocycles. The van der Waals surface area contributed by atoms with Crippen LogP contribution in [0.25, 0.3) is 0 Å². The number of Topliss-reactive ketones (excluding diaryl/α,β-unsaturated/α-hetero) is 1. The van der Waals surface area contributed by atoms with Crippen LogP contribution in [0.4, 0.5) is 18.9 Å². The number of hydrogen-bond donors (Lipinski definition) is 0. The van der Waals surface area contributed by atoms with Gasteiger partial charge in [0, 0.05) is 13.2 Å². The van der Waals surface area contributed by atoms with E-state index in [9.17, 15) is 32.9 Å². The monoisotopic (exact) mass is 505 g/mol. The number of carbonyl (C=O) groups excluding carboxylic acids is 2. The van der Waals surface area contributed by atoms with Gasteiger partial charge in [-0.1, -0.05) is 11.6 Å². The van der Waals surface area contributed by atoms with Crippen molar-refractivity contribution in [1.82, 2.24) is 0 Å². The SMILES string of the molecule is COCCOC(=O)C(C)OCC(=O)c1cc(Oc2ccc(C(F)(F)F)cc2Cl)ccc1[N+](=O)[O-]. The molecule has 13 heteroatoms. The van der Waals surface area contributed by atoms with Crippen LogP contribution in [0.15, 0.2) is 36.4 Å². The summed E-state index contributed by atoms with van der Waals surface area (Å²) in [5.41, 5.74) is -1.95. The Labute approximate surface area is 196 Å². The van der Waals surface area contributed by atoms with E-state index in [4.69, 9.17) is 30.5 Å². The van der Waals surface area contributed by atoms with Crippen molar-refractivity contribution >= 4 is 29.0 Å². The van der Waals surface area contributed by atoms with E-state index in [0.29, 0.717) is 6.07 Å². The molecule has 34 heavy (non-hydrogen) atoms. The van der Waals surface area contributed by atoms with Crippen molar-refractivity contribution in [3.63, 3.8) is 0 Å². The molecule has 0 saturated carbocycles. The Kier molecular flexibility index (Phi) is 9.36. The number of nitro benzene ring substituents is 1. The molecule has 2 aromatic rings. The molecule has 0 amide bonds. The van der Waals surface area contributed by atoms with Crippen molar-refractivity contribution in [2.45, 2.75) is 19.2 Å². The number of benzene rings is 2. The number of carbonyl (C=O) groups is 2. The van der Waals surface area contributed by atoms with E-state index in [0.717, 1.165) is 30.3 Å². The predicted octanol–water partition coefficient (Wildman–Crippen LogP) is 4.84. The summed E-state index contributed by atoms with van der Waals surface area (Å²) in [6, 6.07) is 5.56. The maximum Gasteiger partial charge on any atom is 0.416 e. The topological polar surface area (TPSA) is 114 Å². The standard InChI is InChI=1S/C21H19ClF3NO8/c1-12(20(28)32-8-7-31-2)33-11-18(27)15-10-14(4-5-17(15)26(29)30)34-19-6-3-13(9-16(19)22)21(23,24)25/h3-6,9-10,12H,7-8,11H2,1-2H3. The second-order valence-electron chi connectivity index (χ2n) is 6.72. The average Bonchev–Trinajstić information content (AvgIpc) is 2.77. The highest BCUT2D eigenvalue weighted by Crippen LogP contribution is 2.37. The van der Waals surface area contributed by atoms with Crippen LogP contribution >= 0.6 is 11.6 Å². The minimum absolute atomic E-state index is 0.0195. The van der Waals surface area contributed by atoms with Gasteiger partial charge in [-0.15, -0.1) is 0 Å². The largest absolute Gasteiger partial charge is 0.461 e. The summed E-state index contributed by atoms with van der Waals surface area (Å²) in [5.74, 6) is -1.85. The van der Waals surface area contributed by atoms with Gasteiger partial charge < -0.3 is 18.9 Å². The quantitative estimate of drug-likeness (QED) is 0.140. The molecule has 0 aliphatic carbocycles. The summed E-state index contributed by atoms with van der Waals surface area (Å²) in [6.07, 6.45) is -5.74. The Hall–Kier alpha value is -3.22. The number of rotatable bonds is 11. The van der Waals surface area contributed by atoms with Crippen molar-refractivity contribution in [3.05, 3.63) is 62.7 Å². The van der Waals surface area contributed by atoms with Gasteiger partial charge in [-0.25, -0.2) is 4.79 Å². The van der Waals surface area contributed by atoms with Crippen LogP contribution in [0.1, 0.15) is 22.8 Å². The number of nitro groups is 1. The molecule has 1 atom stereocenters. The van der Waals surface area contributed by atoms with Gasteiger partial charge in [0.25, 0.3) is 5.69 Å². The third-order valence-corrected chi connectivity index (χ3v) is 4.58. The van der Waals surface area contributed by atoms with E-state index in [1.165, 1.54) is 14.0 Å². The first-order valence-electron chi connectivity index (χ1n) is 9.57.